The zero-order chi connectivity index (χ0) is 19.1. The van der Waals surface area contributed by atoms with E-state index in [-0.39, 0.29) is 12.5 Å². The fourth-order valence-corrected chi connectivity index (χ4v) is 3.90. The Bertz CT molecular complexity index is 805. The summed E-state index contributed by atoms with van der Waals surface area (Å²) in [5, 5.41) is 8.32. The number of halogens is 1. The minimum Gasteiger partial charge on any atom is -0.497 e. The quantitative estimate of drug-likeness (QED) is 0.543. The summed E-state index contributed by atoms with van der Waals surface area (Å²) >= 11 is 7.68. The van der Waals surface area contributed by atoms with Gasteiger partial charge in [0.25, 0.3) is 5.91 Å². The number of benzene rings is 1. The van der Waals surface area contributed by atoms with Gasteiger partial charge in [0.15, 0.2) is 10.3 Å². The number of anilines is 2. The summed E-state index contributed by atoms with van der Waals surface area (Å²) in [7, 11) is 1.60. The molecule has 0 radical (unpaired) electrons. The third kappa shape index (κ3) is 5.58. The molecule has 1 aromatic heterocycles. The Hall–Kier alpha value is -2.32. The number of hydrogen-bond acceptors (Lipinski definition) is 7. The van der Waals surface area contributed by atoms with E-state index in [0.717, 1.165) is 34.5 Å². The van der Waals surface area contributed by atoms with Crippen LogP contribution in [-0.4, -0.2) is 43.8 Å². The van der Waals surface area contributed by atoms with Gasteiger partial charge in [-0.2, -0.15) is 5.10 Å². The number of amides is 1. The Kier molecular flexibility index (Phi) is 6.89. The molecule has 0 atom stereocenters. The molecule has 144 valence electrons. The first-order chi connectivity index (χ1) is 13.2. The second-order valence-corrected chi connectivity index (χ2v) is 7.45. The Morgan fingerprint density at radius 1 is 1.41 bits per heavy atom. The van der Waals surface area contributed by atoms with Crippen LogP contribution in [0, 0.1) is 0 Å². The average Bonchev–Trinajstić information content (AvgIpc) is 3.08. The van der Waals surface area contributed by atoms with Crippen LogP contribution >= 0.6 is 22.9 Å². The van der Waals surface area contributed by atoms with Crippen LogP contribution in [0.3, 0.4) is 0 Å². The van der Waals surface area contributed by atoms with E-state index in [4.69, 9.17) is 16.3 Å². The van der Waals surface area contributed by atoms with Crippen molar-refractivity contribution in [2.45, 2.75) is 19.3 Å². The highest BCUT2D eigenvalue weighted by molar-refractivity contribution is 7.17. The van der Waals surface area contributed by atoms with E-state index in [1.165, 1.54) is 36.8 Å². The van der Waals surface area contributed by atoms with Gasteiger partial charge in [0.05, 0.1) is 24.7 Å². The van der Waals surface area contributed by atoms with Crippen molar-refractivity contribution in [3.63, 3.8) is 0 Å². The molecule has 0 unspecified atom stereocenters. The number of piperidine rings is 1. The molecule has 2 N–H and O–H groups in total. The number of carbonyl (C=O) groups excluding carboxylic acids is 1. The van der Waals surface area contributed by atoms with Crippen LogP contribution in [0.5, 0.6) is 5.75 Å². The number of hydrogen-bond donors (Lipinski definition) is 2. The molecule has 0 aliphatic carbocycles. The molecule has 3 rings (SSSR count). The van der Waals surface area contributed by atoms with Crippen LogP contribution in [0.2, 0.25) is 5.15 Å². The maximum absolute atomic E-state index is 11.9. The van der Waals surface area contributed by atoms with E-state index in [1.807, 2.05) is 24.3 Å². The van der Waals surface area contributed by atoms with Gasteiger partial charge < -0.3 is 15.0 Å². The summed E-state index contributed by atoms with van der Waals surface area (Å²) in [6.45, 7) is 2.11. The molecular weight excluding hydrogens is 386 g/mol. The lowest BCUT2D eigenvalue weighted by Crippen LogP contribution is -2.29. The van der Waals surface area contributed by atoms with E-state index in [1.54, 1.807) is 7.11 Å². The predicted octanol–water partition coefficient (Wildman–Crippen LogP) is 3.36. The molecule has 1 amide bonds. The number of ether oxygens (including phenoxy) is 1. The number of methoxy groups -OCH3 is 1. The molecule has 27 heavy (non-hydrogen) atoms. The fourth-order valence-electron chi connectivity index (χ4n) is 2.72. The van der Waals surface area contributed by atoms with Crippen molar-refractivity contribution in [1.82, 2.24) is 10.4 Å². The minimum absolute atomic E-state index is 0.0972. The van der Waals surface area contributed by atoms with E-state index < -0.39 is 0 Å². The van der Waals surface area contributed by atoms with Crippen LogP contribution in [-0.2, 0) is 4.79 Å². The summed E-state index contributed by atoms with van der Waals surface area (Å²) in [6.07, 6.45) is 5.16. The monoisotopic (exact) mass is 407 g/mol. The summed E-state index contributed by atoms with van der Waals surface area (Å²) in [6, 6.07) is 7.36. The van der Waals surface area contributed by atoms with Crippen molar-refractivity contribution in [3.05, 3.63) is 34.3 Å². The maximum Gasteiger partial charge on any atom is 0.259 e. The molecule has 1 fully saturated rings. The van der Waals surface area contributed by atoms with Crippen LogP contribution in [0.15, 0.2) is 29.4 Å². The van der Waals surface area contributed by atoms with Gasteiger partial charge in [-0.25, -0.2) is 10.4 Å². The lowest BCUT2D eigenvalue weighted by atomic mass is 10.1. The Labute approximate surface area is 167 Å². The maximum atomic E-state index is 11.9. The molecule has 1 saturated heterocycles. The van der Waals surface area contributed by atoms with E-state index in [0.29, 0.717) is 5.15 Å². The third-order valence-electron chi connectivity index (χ3n) is 4.12. The minimum atomic E-state index is -0.258. The van der Waals surface area contributed by atoms with Crippen LogP contribution in [0.1, 0.15) is 24.1 Å². The number of hydrazone groups is 1. The summed E-state index contributed by atoms with van der Waals surface area (Å²) in [4.78, 5) is 19.3. The average molecular weight is 408 g/mol. The number of carbonyl (C=O) groups is 1. The predicted molar refractivity (Wildman–Crippen MR) is 110 cm³/mol. The van der Waals surface area contributed by atoms with Crippen molar-refractivity contribution in [2.24, 2.45) is 5.10 Å². The second-order valence-electron chi connectivity index (χ2n) is 6.08. The molecule has 9 heteroatoms. The molecule has 2 aromatic rings. The highest BCUT2D eigenvalue weighted by Gasteiger charge is 2.16. The summed E-state index contributed by atoms with van der Waals surface area (Å²) < 4.78 is 5.15. The van der Waals surface area contributed by atoms with Crippen LogP contribution < -0.4 is 20.4 Å². The molecule has 1 aliphatic heterocycles. The first kappa shape index (κ1) is 19.4. The topological polar surface area (TPSA) is 78.8 Å². The molecule has 0 saturated carbocycles. The molecule has 1 aliphatic rings. The highest BCUT2D eigenvalue weighted by Crippen LogP contribution is 2.30. The van der Waals surface area contributed by atoms with E-state index >= 15 is 0 Å². The van der Waals surface area contributed by atoms with Gasteiger partial charge in [0.1, 0.15) is 5.75 Å². The molecule has 0 bridgehead atoms. The molecule has 2 heterocycles. The van der Waals surface area contributed by atoms with Crippen molar-refractivity contribution in [1.29, 1.82) is 0 Å². The summed E-state index contributed by atoms with van der Waals surface area (Å²) in [5.41, 5.74) is 3.29. The first-order valence-electron chi connectivity index (χ1n) is 8.77. The van der Waals surface area contributed by atoms with Crippen molar-refractivity contribution in [3.8, 4) is 5.75 Å². The smallest absolute Gasteiger partial charge is 0.259 e. The largest absolute Gasteiger partial charge is 0.497 e. The first-order valence-corrected chi connectivity index (χ1v) is 9.96. The molecular formula is C18H22ClN5O2S. The van der Waals surface area contributed by atoms with Gasteiger partial charge in [0, 0.05) is 24.8 Å². The number of nitrogens with zero attached hydrogens (tertiary/aromatic N) is 3. The lowest BCUT2D eigenvalue weighted by Gasteiger charge is -2.25. The number of aromatic nitrogens is 1. The van der Waals surface area contributed by atoms with Gasteiger partial charge in [-0.1, -0.05) is 29.0 Å². The Morgan fingerprint density at radius 3 is 3.00 bits per heavy atom. The van der Waals surface area contributed by atoms with E-state index in [9.17, 15) is 4.79 Å². The van der Waals surface area contributed by atoms with Gasteiger partial charge in [-0.05, 0) is 31.4 Å². The Balaban J connectivity index is 1.49. The van der Waals surface area contributed by atoms with Gasteiger partial charge >= 0.3 is 0 Å². The van der Waals surface area contributed by atoms with E-state index in [2.05, 4.69) is 25.7 Å². The normalized spacial score (nSPS) is 14.4. The third-order valence-corrected chi connectivity index (χ3v) is 5.57. The van der Waals surface area contributed by atoms with Crippen molar-refractivity contribution >= 4 is 45.9 Å². The number of rotatable bonds is 7. The molecule has 1 aromatic carbocycles. The zero-order valence-electron chi connectivity index (χ0n) is 15.1. The zero-order valence-corrected chi connectivity index (χ0v) is 16.6. The fraction of sp³-hybridized carbons (Fsp3) is 0.389. The molecule has 7 nitrogen and oxygen atoms in total. The van der Waals surface area contributed by atoms with Gasteiger partial charge in [-0.15, -0.1) is 0 Å². The summed E-state index contributed by atoms with van der Waals surface area (Å²) in [5.74, 6) is 0.466. The molecule has 0 spiro atoms. The standard InChI is InChI=1S/C18H22ClN5O2S/c1-26-14-7-5-6-13(10-14)20-12-16(25)23-21-11-15-17(19)22-18(27-15)24-8-3-2-4-9-24/h5-7,10-11,20H,2-4,8-9,12H2,1H3,(H,23,25)/b21-11-. The SMILES string of the molecule is COc1cccc(NCC(=O)N/N=C\c2sc(N3CCCCC3)nc2Cl)c1. The highest BCUT2D eigenvalue weighted by atomic mass is 35.5. The Morgan fingerprint density at radius 2 is 2.22 bits per heavy atom. The number of nitrogens with one attached hydrogen (secondary N) is 2. The van der Waals surface area contributed by atoms with Gasteiger partial charge in [-0.3, -0.25) is 4.79 Å². The van der Waals surface area contributed by atoms with Crippen LogP contribution in [0.25, 0.3) is 0 Å². The second kappa shape index (κ2) is 9.57. The van der Waals surface area contributed by atoms with Crippen molar-refractivity contribution < 1.29 is 9.53 Å². The van der Waals surface area contributed by atoms with Crippen LogP contribution in [0.4, 0.5) is 10.8 Å². The van der Waals surface area contributed by atoms with Crippen molar-refractivity contribution in [2.75, 3.05) is 37.0 Å². The lowest BCUT2D eigenvalue weighted by molar-refractivity contribution is -0.119. The number of thiazole rings is 1. The van der Waals surface area contributed by atoms with Gasteiger partial charge in [0.2, 0.25) is 0 Å².